The lowest BCUT2D eigenvalue weighted by atomic mass is 10.0. The molecule has 1 aromatic carbocycles. The molecule has 4 nitrogen and oxygen atoms in total. The Morgan fingerprint density at radius 1 is 1.20 bits per heavy atom. The summed E-state index contributed by atoms with van der Waals surface area (Å²) in [5.41, 5.74) is 3.87. The Morgan fingerprint density at radius 2 is 1.92 bits per heavy atom. The van der Waals surface area contributed by atoms with Gasteiger partial charge in [-0.3, -0.25) is 4.79 Å². The third-order valence-corrected chi connectivity index (χ3v) is 5.89. The van der Waals surface area contributed by atoms with Crippen LogP contribution in [0.2, 0.25) is 0 Å². The van der Waals surface area contributed by atoms with Crippen LogP contribution in [0.1, 0.15) is 55.1 Å². The molecule has 0 atom stereocenters. The number of benzene rings is 1. The minimum atomic E-state index is -0.354. The van der Waals surface area contributed by atoms with Crippen molar-refractivity contribution in [3.05, 3.63) is 41.0 Å². The molecule has 0 radical (unpaired) electrons. The third-order valence-electron chi connectivity index (χ3n) is 4.71. The summed E-state index contributed by atoms with van der Waals surface area (Å²) in [7, 11) is 0. The average molecular weight is 357 g/mol. The van der Waals surface area contributed by atoms with Gasteiger partial charge in [0.25, 0.3) is 0 Å². The first-order chi connectivity index (χ1) is 12.1. The molecule has 132 valence electrons. The van der Waals surface area contributed by atoms with Crippen molar-refractivity contribution in [1.82, 2.24) is 0 Å². The van der Waals surface area contributed by atoms with Crippen molar-refractivity contribution >= 4 is 28.2 Å². The molecule has 2 aromatic rings. The van der Waals surface area contributed by atoms with Crippen LogP contribution in [0.15, 0.2) is 24.3 Å². The van der Waals surface area contributed by atoms with E-state index in [1.165, 1.54) is 16.9 Å². The number of fused-ring (bicyclic) bond motifs is 3. The molecule has 0 bridgehead atoms. The summed E-state index contributed by atoms with van der Waals surface area (Å²) >= 11 is 1.48. The molecule has 5 heteroatoms. The van der Waals surface area contributed by atoms with E-state index in [9.17, 15) is 9.59 Å². The standard InChI is InChI=1S/C20H23NO3S/c1-4-12(5-2)18(22)21-19-16(20(23)24-6-3)15-11-13-9-7-8-10-14(13)17(15)25-19/h7-10,12H,4-6,11H2,1-3H3,(H,21,22). The maximum Gasteiger partial charge on any atom is 0.341 e. The van der Waals surface area contributed by atoms with Crippen molar-refractivity contribution in [3.8, 4) is 10.4 Å². The maximum atomic E-state index is 12.6. The molecule has 0 aliphatic heterocycles. The van der Waals surface area contributed by atoms with Crippen LogP contribution < -0.4 is 5.32 Å². The minimum Gasteiger partial charge on any atom is -0.462 e. The van der Waals surface area contributed by atoms with Crippen LogP contribution in [0.25, 0.3) is 10.4 Å². The molecule has 3 rings (SSSR count). The minimum absolute atomic E-state index is 0.0243. The van der Waals surface area contributed by atoms with Gasteiger partial charge in [-0.05, 0) is 36.5 Å². The summed E-state index contributed by atoms with van der Waals surface area (Å²) in [6.45, 7) is 6.12. The Labute approximate surface area is 152 Å². The predicted octanol–water partition coefficient (Wildman–Crippen LogP) is 4.87. The fourth-order valence-electron chi connectivity index (χ4n) is 3.32. The Morgan fingerprint density at radius 3 is 2.60 bits per heavy atom. The highest BCUT2D eigenvalue weighted by atomic mass is 32.1. The number of anilines is 1. The summed E-state index contributed by atoms with van der Waals surface area (Å²) in [5.74, 6) is -0.421. The molecule has 0 spiro atoms. The summed E-state index contributed by atoms with van der Waals surface area (Å²) in [6, 6.07) is 8.16. The summed E-state index contributed by atoms with van der Waals surface area (Å²) in [6.07, 6.45) is 2.27. The molecule has 1 aromatic heterocycles. The first-order valence-electron chi connectivity index (χ1n) is 8.82. The Bertz CT molecular complexity index is 805. The highest BCUT2D eigenvalue weighted by Crippen LogP contribution is 2.47. The predicted molar refractivity (Wildman–Crippen MR) is 101 cm³/mol. The van der Waals surface area contributed by atoms with E-state index >= 15 is 0 Å². The fraction of sp³-hybridized carbons (Fsp3) is 0.400. The van der Waals surface area contributed by atoms with E-state index in [0.29, 0.717) is 23.6 Å². The van der Waals surface area contributed by atoms with Crippen LogP contribution in [0.5, 0.6) is 0 Å². The smallest absolute Gasteiger partial charge is 0.341 e. The maximum absolute atomic E-state index is 12.6. The van der Waals surface area contributed by atoms with Crippen molar-refractivity contribution in [2.24, 2.45) is 5.92 Å². The van der Waals surface area contributed by atoms with Crippen molar-refractivity contribution < 1.29 is 14.3 Å². The number of thiophene rings is 1. The summed E-state index contributed by atoms with van der Waals surface area (Å²) < 4.78 is 5.26. The van der Waals surface area contributed by atoms with Crippen molar-refractivity contribution in [1.29, 1.82) is 0 Å². The lowest BCUT2D eigenvalue weighted by Crippen LogP contribution is -2.22. The molecule has 0 saturated heterocycles. The molecule has 1 heterocycles. The second-order valence-corrected chi connectivity index (χ2v) is 7.19. The van der Waals surface area contributed by atoms with Gasteiger partial charge in [0.1, 0.15) is 5.00 Å². The van der Waals surface area contributed by atoms with Gasteiger partial charge in [-0.2, -0.15) is 0 Å². The van der Waals surface area contributed by atoms with Gasteiger partial charge in [-0.1, -0.05) is 38.1 Å². The van der Waals surface area contributed by atoms with Gasteiger partial charge >= 0.3 is 5.97 Å². The van der Waals surface area contributed by atoms with Crippen LogP contribution in [0.3, 0.4) is 0 Å². The van der Waals surface area contributed by atoms with Crippen LogP contribution in [-0.2, 0) is 16.0 Å². The van der Waals surface area contributed by atoms with E-state index in [1.807, 2.05) is 26.0 Å². The Kier molecular flexibility index (Phi) is 5.23. The number of carbonyl (C=O) groups is 2. The number of ether oxygens (including phenoxy) is 1. The Hall–Kier alpha value is -2.14. The molecule has 1 aliphatic rings. The van der Waals surface area contributed by atoms with Gasteiger partial charge in [0.05, 0.1) is 12.2 Å². The van der Waals surface area contributed by atoms with E-state index < -0.39 is 0 Å². The van der Waals surface area contributed by atoms with Gasteiger partial charge in [-0.25, -0.2) is 4.79 Å². The topological polar surface area (TPSA) is 55.4 Å². The molecular weight excluding hydrogens is 334 g/mol. The van der Waals surface area contributed by atoms with E-state index in [4.69, 9.17) is 4.74 Å². The zero-order valence-corrected chi connectivity index (χ0v) is 15.7. The Balaban J connectivity index is 2.02. The van der Waals surface area contributed by atoms with E-state index in [2.05, 4.69) is 17.4 Å². The monoisotopic (exact) mass is 357 g/mol. The number of amides is 1. The molecule has 0 fully saturated rings. The lowest BCUT2D eigenvalue weighted by Gasteiger charge is -2.13. The third kappa shape index (κ3) is 3.21. The quantitative estimate of drug-likeness (QED) is 0.640. The first kappa shape index (κ1) is 17.7. The van der Waals surface area contributed by atoms with Crippen molar-refractivity contribution in [3.63, 3.8) is 0 Å². The highest BCUT2D eigenvalue weighted by Gasteiger charge is 2.31. The normalized spacial score (nSPS) is 12.0. The largest absolute Gasteiger partial charge is 0.462 e. The van der Waals surface area contributed by atoms with Gasteiger partial charge in [-0.15, -0.1) is 11.3 Å². The second-order valence-electron chi connectivity index (χ2n) is 6.17. The fourth-order valence-corrected chi connectivity index (χ4v) is 4.59. The van der Waals surface area contributed by atoms with E-state index in [1.54, 1.807) is 6.92 Å². The SMILES string of the molecule is CCOC(=O)c1c(NC(=O)C(CC)CC)sc2c1Cc1ccccc1-2. The van der Waals surface area contributed by atoms with E-state index in [0.717, 1.165) is 28.8 Å². The highest BCUT2D eigenvalue weighted by molar-refractivity contribution is 7.20. The number of esters is 1. The first-order valence-corrected chi connectivity index (χ1v) is 9.64. The number of carbonyl (C=O) groups excluding carboxylic acids is 2. The molecule has 1 aliphatic carbocycles. The molecule has 1 amide bonds. The number of hydrogen-bond donors (Lipinski definition) is 1. The summed E-state index contributed by atoms with van der Waals surface area (Å²) in [4.78, 5) is 26.2. The van der Waals surface area contributed by atoms with Crippen LogP contribution in [-0.4, -0.2) is 18.5 Å². The number of hydrogen-bond acceptors (Lipinski definition) is 4. The summed E-state index contributed by atoms with van der Waals surface area (Å²) in [5, 5.41) is 3.61. The molecule has 25 heavy (non-hydrogen) atoms. The van der Waals surface area contributed by atoms with Crippen LogP contribution in [0.4, 0.5) is 5.00 Å². The van der Waals surface area contributed by atoms with Crippen molar-refractivity contribution in [2.45, 2.75) is 40.0 Å². The molecule has 1 N–H and O–H groups in total. The number of nitrogens with one attached hydrogen (secondary N) is 1. The average Bonchev–Trinajstić information content (AvgIpc) is 3.11. The van der Waals surface area contributed by atoms with Gasteiger partial charge in [0.2, 0.25) is 5.91 Å². The van der Waals surface area contributed by atoms with Gasteiger partial charge < -0.3 is 10.1 Å². The van der Waals surface area contributed by atoms with Gasteiger partial charge in [0.15, 0.2) is 0 Å². The lowest BCUT2D eigenvalue weighted by molar-refractivity contribution is -0.120. The number of rotatable bonds is 6. The molecular formula is C20H23NO3S. The van der Waals surface area contributed by atoms with E-state index in [-0.39, 0.29) is 17.8 Å². The second kappa shape index (κ2) is 7.40. The van der Waals surface area contributed by atoms with Crippen molar-refractivity contribution in [2.75, 3.05) is 11.9 Å². The van der Waals surface area contributed by atoms with Crippen LogP contribution in [0, 0.1) is 5.92 Å². The van der Waals surface area contributed by atoms with Crippen LogP contribution >= 0.6 is 11.3 Å². The molecule has 0 unspecified atom stereocenters. The van der Waals surface area contributed by atoms with Gasteiger partial charge in [0, 0.05) is 17.2 Å². The zero-order chi connectivity index (χ0) is 18.0. The zero-order valence-electron chi connectivity index (χ0n) is 14.8. The molecule has 0 saturated carbocycles.